The van der Waals surface area contributed by atoms with E-state index in [0.717, 1.165) is 6.26 Å². The third-order valence-corrected chi connectivity index (χ3v) is 7.23. The molecule has 0 saturated carbocycles. The van der Waals surface area contributed by atoms with Gasteiger partial charge in [-0.2, -0.15) is 8.42 Å². The van der Waals surface area contributed by atoms with E-state index in [1.54, 1.807) is 0 Å². The van der Waals surface area contributed by atoms with E-state index in [2.05, 4.69) is 5.32 Å². The number of ether oxygens (including phenoxy) is 1. The summed E-state index contributed by atoms with van der Waals surface area (Å²) in [6, 6.07) is 5.07. The van der Waals surface area contributed by atoms with Gasteiger partial charge in [-0.25, -0.2) is 4.79 Å². The van der Waals surface area contributed by atoms with Gasteiger partial charge in [0.15, 0.2) is 0 Å². The minimum atomic E-state index is -3.78. The van der Waals surface area contributed by atoms with Crippen molar-refractivity contribution in [2.24, 2.45) is 5.92 Å². The molecule has 0 radical (unpaired) electrons. The second-order valence-electron chi connectivity index (χ2n) is 8.11. The van der Waals surface area contributed by atoms with Crippen LogP contribution >= 0.6 is 11.8 Å². The van der Waals surface area contributed by atoms with Crippen LogP contribution in [-0.4, -0.2) is 66.7 Å². The number of carbonyl (C=O) groups excluding carboxylic acids is 3. The van der Waals surface area contributed by atoms with E-state index in [1.807, 2.05) is 0 Å². The van der Waals surface area contributed by atoms with Crippen molar-refractivity contribution in [2.45, 2.75) is 39.0 Å². The smallest absolute Gasteiger partial charge is 0.356 e. The average molecular weight is 528 g/mol. The summed E-state index contributed by atoms with van der Waals surface area (Å²) < 4.78 is 33.4. The number of nitrogens with zero attached hydrogens (tertiary/aromatic N) is 2. The monoisotopic (exact) mass is 527 g/mol. The SMILES string of the molecule is CC(=O)NCCSC1=C(C(=O)OCc2ccc([N+](=O)[O-])cc2)N2C(=O)[C@@H]([C@H](C)OS(C)(=O)=O)[C@H]2C1. The van der Waals surface area contributed by atoms with Crippen molar-refractivity contribution >= 4 is 45.4 Å². The molecule has 1 N–H and O–H groups in total. The van der Waals surface area contributed by atoms with Crippen molar-refractivity contribution < 1.29 is 36.6 Å². The Morgan fingerprint density at radius 2 is 1.97 bits per heavy atom. The Bertz CT molecular complexity index is 1160. The van der Waals surface area contributed by atoms with Crippen LogP contribution < -0.4 is 5.32 Å². The van der Waals surface area contributed by atoms with Crippen molar-refractivity contribution in [3.63, 3.8) is 0 Å². The minimum absolute atomic E-state index is 0.0811. The number of amides is 2. The summed E-state index contributed by atoms with van der Waals surface area (Å²) in [6.45, 7) is 3.08. The molecule has 0 spiro atoms. The van der Waals surface area contributed by atoms with E-state index in [9.17, 15) is 32.9 Å². The maximum Gasteiger partial charge on any atom is 0.356 e. The van der Waals surface area contributed by atoms with E-state index in [-0.39, 0.29) is 23.9 Å². The first-order valence-corrected chi connectivity index (χ1v) is 13.4. The molecule has 1 aromatic carbocycles. The van der Waals surface area contributed by atoms with E-state index < -0.39 is 45.0 Å². The molecule has 12 nitrogen and oxygen atoms in total. The zero-order chi connectivity index (χ0) is 25.9. The highest BCUT2D eigenvalue weighted by atomic mass is 32.2. The lowest BCUT2D eigenvalue weighted by atomic mass is 9.83. The lowest BCUT2D eigenvalue weighted by Gasteiger charge is -2.45. The van der Waals surface area contributed by atoms with Crippen molar-refractivity contribution in [1.82, 2.24) is 10.2 Å². The van der Waals surface area contributed by atoms with Gasteiger partial charge in [0.1, 0.15) is 12.3 Å². The van der Waals surface area contributed by atoms with Gasteiger partial charge in [0.2, 0.25) is 11.8 Å². The van der Waals surface area contributed by atoms with Crippen LogP contribution in [0.4, 0.5) is 5.69 Å². The maximum absolute atomic E-state index is 13.0. The predicted octanol–water partition coefficient (Wildman–Crippen LogP) is 1.31. The standard InChI is InChI=1S/C21H25N3O9S2/c1-12(33-35(3,30)31)18-16-10-17(34-9-8-22-13(2)25)19(23(16)20(18)26)21(27)32-11-14-4-6-15(7-5-14)24(28)29/h4-7,12,16,18H,8-11H2,1-3H3,(H,22,25)/t12-,16+,18-/m0/s1. The quantitative estimate of drug-likeness (QED) is 0.111. The first kappa shape index (κ1) is 26.6. The number of rotatable bonds is 11. The van der Waals surface area contributed by atoms with Crippen LogP contribution in [0.25, 0.3) is 0 Å². The Morgan fingerprint density at radius 3 is 2.54 bits per heavy atom. The third-order valence-electron chi connectivity index (χ3n) is 5.46. The summed E-state index contributed by atoms with van der Waals surface area (Å²) in [5.74, 6) is -1.67. The van der Waals surface area contributed by atoms with E-state index >= 15 is 0 Å². The van der Waals surface area contributed by atoms with Gasteiger partial charge in [-0.1, -0.05) is 0 Å². The highest BCUT2D eigenvalue weighted by Crippen LogP contribution is 2.47. The number of nitrogens with one attached hydrogen (secondary N) is 1. The number of fused-ring (bicyclic) bond motifs is 1. The topological polar surface area (TPSA) is 162 Å². The van der Waals surface area contributed by atoms with Gasteiger partial charge in [-0.15, -0.1) is 11.8 Å². The molecule has 2 heterocycles. The number of nitro groups is 1. The number of benzene rings is 1. The number of esters is 1. The number of hydrogen-bond acceptors (Lipinski definition) is 10. The van der Waals surface area contributed by atoms with Gasteiger partial charge < -0.3 is 15.0 Å². The Hall–Kier alpha value is -2.97. The van der Waals surface area contributed by atoms with Crippen molar-refractivity contribution in [2.75, 3.05) is 18.6 Å². The fourth-order valence-corrected chi connectivity index (χ4v) is 5.73. The Labute approximate surface area is 206 Å². The largest absolute Gasteiger partial charge is 0.456 e. The van der Waals surface area contributed by atoms with Gasteiger partial charge >= 0.3 is 5.97 Å². The molecule has 0 bridgehead atoms. The van der Waals surface area contributed by atoms with Crippen LogP contribution in [0.3, 0.4) is 0 Å². The highest BCUT2D eigenvalue weighted by Gasteiger charge is 2.58. The molecule has 190 valence electrons. The van der Waals surface area contributed by atoms with Gasteiger partial charge in [0.25, 0.3) is 15.8 Å². The molecule has 1 aromatic rings. The predicted molar refractivity (Wildman–Crippen MR) is 125 cm³/mol. The van der Waals surface area contributed by atoms with Crippen LogP contribution in [0.5, 0.6) is 0 Å². The molecular formula is C21H25N3O9S2. The van der Waals surface area contributed by atoms with Gasteiger partial charge in [-0.05, 0) is 24.6 Å². The highest BCUT2D eigenvalue weighted by molar-refractivity contribution is 8.03. The van der Waals surface area contributed by atoms with Crippen molar-refractivity contribution in [3.8, 4) is 0 Å². The zero-order valence-corrected chi connectivity index (χ0v) is 20.9. The second-order valence-corrected chi connectivity index (χ2v) is 10.9. The van der Waals surface area contributed by atoms with Gasteiger partial charge in [-0.3, -0.25) is 23.9 Å². The summed E-state index contributed by atoms with van der Waals surface area (Å²) in [5, 5.41) is 13.5. The number of carbonyl (C=O) groups is 3. The number of β-lactam (4-membered cyclic amide) rings is 1. The van der Waals surface area contributed by atoms with Crippen LogP contribution in [0.1, 0.15) is 25.8 Å². The second kappa shape index (κ2) is 10.7. The van der Waals surface area contributed by atoms with E-state index in [0.29, 0.717) is 29.2 Å². The molecule has 3 atom stereocenters. The summed E-state index contributed by atoms with van der Waals surface area (Å²) in [4.78, 5) is 49.2. The fourth-order valence-electron chi connectivity index (χ4n) is 4.00. The van der Waals surface area contributed by atoms with Crippen molar-refractivity contribution in [1.29, 1.82) is 0 Å². The fraction of sp³-hybridized carbons (Fsp3) is 0.476. The Balaban J connectivity index is 1.74. The Kier molecular flexibility index (Phi) is 8.18. The number of hydrogen-bond donors (Lipinski definition) is 1. The van der Waals surface area contributed by atoms with Crippen LogP contribution in [0.15, 0.2) is 34.9 Å². The van der Waals surface area contributed by atoms with Crippen LogP contribution in [-0.2, 0) is 40.0 Å². The molecule has 0 aromatic heterocycles. The number of thioether (sulfide) groups is 1. The summed E-state index contributed by atoms with van der Waals surface area (Å²) >= 11 is 1.30. The summed E-state index contributed by atoms with van der Waals surface area (Å²) in [5.41, 5.74) is 0.515. The molecule has 1 saturated heterocycles. The zero-order valence-electron chi connectivity index (χ0n) is 19.3. The summed E-state index contributed by atoms with van der Waals surface area (Å²) in [7, 11) is -3.78. The first-order chi connectivity index (χ1) is 16.4. The molecule has 0 aliphatic carbocycles. The molecule has 0 unspecified atom stereocenters. The maximum atomic E-state index is 13.0. The van der Waals surface area contributed by atoms with E-state index in [4.69, 9.17) is 8.92 Å². The molecule has 35 heavy (non-hydrogen) atoms. The third kappa shape index (κ3) is 6.38. The lowest BCUT2D eigenvalue weighted by Crippen LogP contribution is -2.62. The van der Waals surface area contributed by atoms with E-state index in [1.165, 1.54) is 54.8 Å². The molecule has 3 rings (SSSR count). The van der Waals surface area contributed by atoms with Gasteiger partial charge in [0.05, 0.1) is 29.2 Å². The van der Waals surface area contributed by atoms with Crippen LogP contribution in [0.2, 0.25) is 0 Å². The molecule has 1 fully saturated rings. The Morgan fingerprint density at radius 1 is 1.31 bits per heavy atom. The normalized spacial score (nSPS) is 20.2. The van der Waals surface area contributed by atoms with Gasteiger partial charge in [0, 0.05) is 42.7 Å². The number of nitro benzene ring substituents is 1. The first-order valence-electron chi connectivity index (χ1n) is 10.6. The average Bonchev–Trinajstić information content (AvgIpc) is 3.08. The minimum Gasteiger partial charge on any atom is -0.456 e. The van der Waals surface area contributed by atoms with Crippen LogP contribution in [0, 0.1) is 16.0 Å². The molecule has 2 amide bonds. The lowest BCUT2D eigenvalue weighted by molar-refractivity contribution is -0.384. The summed E-state index contributed by atoms with van der Waals surface area (Å²) in [6.07, 6.45) is 0.321. The number of non-ortho nitro benzene ring substituents is 1. The van der Waals surface area contributed by atoms with Crippen molar-refractivity contribution in [3.05, 3.63) is 50.5 Å². The molecule has 14 heteroatoms. The molecule has 2 aliphatic heterocycles. The molecule has 2 aliphatic rings. The molecular weight excluding hydrogens is 502 g/mol.